The minimum Gasteiger partial charge on any atom is -0.480 e. The van der Waals surface area contributed by atoms with E-state index in [9.17, 15) is 14.4 Å². The van der Waals surface area contributed by atoms with Crippen molar-refractivity contribution < 1.29 is 19.5 Å². The van der Waals surface area contributed by atoms with Crippen LogP contribution in [0.4, 0.5) is 0 Å². The smallest absolute Gasteiger partial charge is 0.326 e. The molecule has 7 nitrogen and oxygen atoms in total. The van der Waals surface area contributed by atoms with Gasteiger partial charge in [-0.25, -0.2) is 4.79 Å². The number of hydrogen-bond donors (Lipinski definition) is 4. The van der Waals surface area contributed by atoms with Crippen molar-refractivity contribution in [3.8, 4) is 0 Å². The van der Waals surface area contributed by atoms with Gasteiger partial charge in [-0.05, 0) is 25.8 Å². The van der Waals surface area contributed by atoms with Gasteiger partial charge in [0.15, 0.2) is 0 Å². The van der Waals surface area contributed by atoms with Crippen LogP contribution in [0.5, 0.6) is 0 Å². The molecule has 0 saturated carbocycles. The monoisotopic (exact) mass is 243 g/mol. The van der Waals surface area contributed by atoms with E-state index in [0.29, 0.717) is 6.42 Å². The molecule has 7 heteroatoms. The molecule has 0 aromatic carbocycles. The summed E-state index contributed by atoms with van der Waals surface area (Å²) in [6.07, 6.45) is 1.56. The Morgan fingerprint density at radius 2 is 2.18 bits per heavy atom. The Bertz CT molecular complexity index is 313. The van der Waals surface area contributed by atoms with E-state index in [2.05, 4.69) is 10.6 Å². The van der Waals surface area contributed by atoms with E-state index in [1.807, 2.05) is 0 Å². The highest BCUT2D eigenvalue weighted by molar-refractivity contribution is 5.87. The van der Waals surface area contributed by atoms with Gasteiger partial charge < -0.3 is 21.5 Å². The first-order valence-electron chi connectivity index (χ1n) is 5.55. The van der Waals surface area contributed by atoms with E-state index in [1.165, 1.54) is 0 Å². The molecule has 0 aromatic heterocycles. The van der Waals surface area contributed by atoms with E-state index in [-0.39, 0.29) is 24.8 Å². The molecule has 1 aliphatic rings. The van der Waals surface area contributed by atoms with Crippen LogP contribution in [0.25, 0.3) is 0 Å². The average Bonchev–Trinajstić information content (AvgIpc) is 2.76. The van der Waals surface area contributed by atoms with Crippen LogP contribution in [-0.4, -0.2) is 41.5 Å². The minimum absolute atomic E-state index is 0.0170. The molecule has 1 unspecified atom stereocenters. The third-order valence-electron chi connectivity index (χ3n) is 2.67. The molecule has 0 aromatic rings. The number of rotatable bonds is 6. The highest BCUT2D eigenvalue weighted by Gasteiger charge is 2.27. The van der Waals surface area contributed by atoms with Gasteiger partial charge in [0.1, 0.15) is 6.04 Å². The SMILES string of the molecule is NC(=O)CC[C@H](NC(=O)C1CCCN1)C(=O)O. The first kappa shape index (κ1) is 13.4. The molecule has 1 aliphatic heterocycles. The highest BCUT2D eigenvalue weighted by atomic mass is 16.4. The number of carboxylic acid groups (broad SMARTS) is 1. The molecule has 2 atom stereocenters. The van der Waals surface area contributed by atoms with E-state index in [4.69, 9.17) is 10.8 Å². The van der Waals surface area contributed by atoms with Crippen LogP contribution in [0.2, 0.25) is 0 Å². The molecule has 1 fully saturated rings. The zero-order chi connectivity index (χ0) is 12.8. The van der Waals surface area contributed by atoms with Gasteiger partial charge in [-0.2, -0.15) is 0 Å². The predicted molar refractivity (Wildman–Crippen MR) is 59.0 cm³/mol. The van der Waals surface area contributed by atoms with Crippen molar-refractivity contribution in [2.45, 2.75) is 37.8 Å². The molecule has 5 N–H and O–H groups in total. The molecule has 0 aliphatic carbocycles. The maximum absolute atomic E-state index is 11.7. The number of carboxylic acids is 1. The summed E-state index contributed by atoms with van der Waals surface area (Å²) in [5, 5.41) is 14.3. The van der Waals surface area contributed by atoms with Gasteiger partial charge >= 0.3 is 5.97 Å². The fourth-order valence-electron chi connectivity index (χ4n) is 1.72. The highest BCUT2D eigenvalue weighted by Crippen LogP contribution is 2.06. The van der Waals surface area contributed by atoms with Crippen molar-refractivity contribution in [1.82, 2.24) is 10.6 Å². The number of nitrogens with one attached hydrogen (secondary N) is 2. The molecule has 0 bridgehead atoms. The second-order valence-electron chi connectivity index (χ2n) is 4.05. The quantitative estimate of drug-likeness (QED) is 0.456. The summed E-state index contributed by atoms with van der Waals surface area (Å²) in [5.74, 6) is -2.07. The summed E-state index contributed by atoms with van der Waals surface area (Å²) in [4.78, 5) is 33.1. The normalized spacial score (nSPS) is 20.8. The summed E-state index contributed by atoms with van der Waals surface area (Å²) in [6, 6.07) is -1.39. The van der Waals surface area contributed by atoms with Crippen molar-refractivity contribution in [1.29, 1.82) is 0 Å². The average molecular weight is 243 g/mol. The Hall–Kier alpha value is -1.63. The third kappa shape index (κ3) is 4.39. The number of primary amides is 1. The van der Waals surface area contributed by atoms with Crippen LogP contribution in [0.1, 0.15) is 25.7 Å². The number of amides is 2. The minimum atomic E-state index is -1.16. The molecular formula is C10H17N3O4. The molecule has 96 valence electrons. The summed E-state index contributed by atoms with van der Waals surface area (Å²) in [6.45, 7) is 0.761. The van der Waals surface area contributed by atoms with Crippen LogP contribution >= 0.6 is 0 Å². The van der Waals surface area contributed by atoms with Crippen molar-refractivity contribution in [3.05, 3.63) is 0 Å². The fraction of sp³-hybridized carbons (Fsp3) is 0.700. The number of carbonyl (C=O) groups is 3. The molecule has 1 saturated heterocycles. The summed E-state index contributed by atoms with van der Waals surface area (Å²) < 4.78 is 0. The standard InChI is InChI=1S/C10H17N3O4/c11-8(14)4-3-7(10(16)17)13-9(15)6-2-1-5-12-6/h6-7,12H,1-5H2,(H2,11,14)(H,13,15)(H,16,17)/t6?,7-/m0/s1. The lowest BCUT2D eigenvalue weighted by Gasteiger charge is -2.16. The Morgan fingerprint density at radius 1 is 1.47 bits per heavy atom. The fourth-order valence-corrected chi connectivity index (χ4v) is 1.72. The van der Waals surface area contributed by atoms with E-state index < -0.39 is 17.9 Å². The number of hydrogen-bond acceptors (Lipinski definition) is 4. The second kappa shape index (κ2) is 6.19. The number of carbonyl (C=O) groups excluding carboxylic acids is 2. The van der Waals surface area contributed by atoms with Gasteiger partial charge in [-0.3, -0.25) is 9.59 Å². The second-order valence-corrected chi connectivity index (χ2v) is 4.05. The number of aliphatic carboxylic acids is 1. The van der Waals surface area contributed by atoms with Crippen LogP contribution in [0, 0.1) is 0 Å². The summed E-state index contributed by atoms with van der Waals surface area (Å²) >= 11 is 0. The topological polar surface area (TPSA) is 122 Å². The Balaban J connectivity index is 2.44. The molecule has 2 amide bonds. The molecule has 0 spiro atoms. The maximum atomic E-state index is 11.7. The summed E-state index contributed by atoms with van der Waals surface area (Å²) in [7, 11) is 0. The first-order chi connectivity index (χ1) is 8.00. The van der Waals surface area contributed by atoms with Gasteiger partial charge in [-0.1, -0.05) is 0 Å². The van der Waals surface area contributed by atoms with Crippen molar-refractivity contribution in [2.24, 2.45) is 5.73 Å². The molecular weight excluding hydrogens is 226 g/mol. The Morgan fingerprint density at radius 3 is 2.65 bits per heavy atom. The van der Waals surface area contributed by atoms with Crippen LogP contribution in [0.3, 0.4) is 0 Å². The van der Waals surface area contributed by atoms with E-state index >= 15 is 0 Å². The summed E-state index contributed by atoms with van der Waals surface area (Å²) in [5.41, 5.74) is 4.94. The van der Waals surface area contributed by atoms with Crippen molar-refractivity contribution in [3.63, 3.8) is 0 Å². The molecule has 1 heterocycles. The number of nitrogens with two attached hydrogens (primary N) is 1. The third-order valence-corrected chi connectivity index (χ3v) is 2.67. The lowest BCUT2D eigenvalue weighted by Crippen LogP contribution is -2.48. The van der Waals surface area contributed by atoms with Crippen molar-refractivity contribution in [2.75, 3.05) is 6.54 Å². The predicted octanol–water partition coefficient (Wildman–Crippen LogP) is -1.43. The van der Waals surface area contributed by atoms with Gasteiger partial charge in [0.05, 0.1) is 6.04 Å². The largest absolute Gasteiger partial charge is 0.480 e. The van der Waals surface area contributed by atoms with Gasteiger partial charge in [0.2, 0.25) is 11.8 Å². The van der Waals surface area contributed by atoms with E-state index in [1.54, 1.807) is 0 Å². The Kier molecular flexibility index (Phi) is 4.89. The van der Waals surface area contributed by atoms with E-state index in [0.717, 1.165) is 13.0 Å². The van der Waals surface area contributed by atoms with Gasteiger partial charge in [0.25, 0.3) is 0 Å². The van der Waals surface area contributed by atoms with Gasteiger partial charge in [-0.15, -0.1) is 0 Å². The van der Waals surface area contributed by atoms with Crippen molar-refractivity contribution >= 4 is 17.8 Å². The zero-order valence-electron chi connectivity index (χ0n) is 9.44. The van der Waals surface area contributed by atoms with Gasteiger partial charge in [0, 0.05) is 6.42 Å². The van der Waals surface area contributed by atoms with Crippen LogP contribution in [-0.2, 0) is 14.4 Å². The molecule has 17 heavy (non-hydrogen) atoms. The first-order valence-corrected chi connectivity index (χ1v) is 5.55. The molecule has 0 radical (unpaired) electrons. The lowest BCUT2D eigenvalue weighted by atomic mass is 10.1. The zero-order valence-corrected chi connectivity index (χ0v) is 9.44. The molecule has 1 rings (SSSR count). The van der Waals surface area contributed by atoms with Crippen LogP contribution < -0.4 is 16.4 Å². The Labute approximate surface area is 98.7 Å². The maximum Gasteiger partial charge on any atom is 0.326 e. The van der Waals surface area contributed by atoms with Crippen LogP contribution in [0.15, 0.2) is 0 Å². The lowest BCUT2D eigenvalue weighted by molar-refractivity contribution is -0.142.